The zero-order valence-corrected chi connectivity index (χ0v) is 14.9. The van der Waals surface area contributed by atoms with Crippen molar-refractivity contribution in [1.82, 2.24) is 0 Å². The predicted molar refractivity (Wildman–Crippen MR) is 103 cm³/mol. The van der Waals surface area contributed by atoms with Crippen LogP contribution in [0.1, 0.15) is 12.8 Å². The molecule has 132 valence electrons. The Hall–Kier alpha value is -2.24. The topological polar surface area (TPSA) is 53.6 Å². The molecule has 0 unspecified atom stereocenters. The first-order chi connectivity index (χ1) is 12.1. The third kappa shape index (κ3) is 4.87. The van der Waals surface area contributed by atoms with Gasteiger partial charge in [0.05, 0.1) is 6.10 Å². The Morgan fingerprint density at radius 1 is 1.08 bits per heavy atom. The van der Waals surface area contributed by atoms with Crippen LogP contribution in [0.4, 0.5) is 21.9 Å². The third-order valence-corrected chi connectivity index (χ3v) is 4.58. The molecule has 1 aliphatic rings. The standard InChI is InChI=1S/C19H22ClN3O2/c1-25-18-9-11-23(12-10-18)17-7-5-15(6-8-17)21-19(24)22-16-4-2-3-14(20)13-16/h2-8,13,18H,9-12H2,1H3,(H2,21,22,24). The number of carbonyl (C=O) groups is 1. The van der Waals surface area contributed by atoms with Gasteiger partial charge in [-0.15, -0.1) is 0 Å². The molecule has 0 spiro atoms. The van der Waals surface area contributed by atoms with Crippen LogP contribution >= 0.6 is 11.6 Å². The van der Waals surface area contributed by atoms with Crippen LogP contribution in [-0.4, -0.2) is 32.3 Å². The minimum absolute atomic E-state index is 0.295. The summed E-state index contributed by atoms with van der Waals surface area (Å²) in [6.07, 6.45) is 2.45. The van der Waals surface area contributed by atoms with E-state index >= 15 is 0 Å². The van der Waals surface area contributed by atoms with Crippen molar-refractivity contribution in [3.8, 4) is 0 Å². The van der Waals surface area contributed by atoms with E-state index in [2.05, 4.69) is 15.5 Å². The molecule has 1 heterocycles. The van der Waals surface area contributed by atoms with Crippen molar-refractivity contribution in [2.75, 3.05) is 35.7 Å². The molecule has 0 aromatic heterocycles. The van der Waals surface area contributed by atoms with Gasteiger partial charge in [0.25, 0.3) is 0 Å². The van der Waals surface area contributed by atoms with Gasteiger partial charge in [-0.05, 0) is 55.3 Å². The number of hydrogen-bond donors (Lipinski definition) is 2. The number of halogens is 1. The summed E-state index contributed by atoms with van der Waals surface area (Å²) in [6.45, 7) is 1.97. The van der Waals surface area contributed by atoms with Crippen LogP contribution in [0, 0.1) is 0 Å². The minimum Gasteiger partial charge on any atom is -0.381 e. The number of anilines is 3. The number of hydrogen-bond acceptors (Lipinski definition) is 3. The number of rotatable bonds is 4. The number of benzene rings is 2. The quantitative estimate of drug-likeness (QED) is 0.838. The van der Waals surface area contributed by atoms with Crippen LogP contribution in [0.25, 0.3) is 0 Å². The van der Waals surface area contributed by atoms with Gasteiger partial charge in [0.1, 0.15) is 0 Å². The van der Waals surface area contributed by atoms with Crippen molar-refractivity contribution in [3.05, 3.63) is 53.6 Å². The fourth-order valence-electron chi connectivity index (χ4n) is 2.96. The molecule has 5 nitrogen and oxygen atoms in total. The Morgan fingerprint density at radius 3 is 2.40 bits per heavy atom. The lowest BCUT2D eigenvalue weighted by Crippen LogP contribution is -2.36. The fourth-order valence-corrected chi connectivity index (χ4v) is 3.16. The van der Waals surface area contributed by atoms with Crippen LogP contribution in [0.5, 0.6) is 0 Å². The maximum atomic E-state index is 12.1. The van der Waals surface area contributed by atoms with Crippen LogP contribution in [0.15, 0.2) is 48.5 Å². The molecular weight excluding hydrogens is 338 g/mol. The van der Waals surface area contributed by atoms with Crippen molar-refractivity contribution in [1.29, 1.82) is 0 Å². The van der Waals surface area contributed by atoms with Gasteiger partial charge >= 0.3 is 6.03 Å². The lowest BCUT2D eigenvalue weighted by Gasteiger charge is -2.33. The summed E-state index contributed by atoms with van der Waals surface area (Å²) in [7, 11) is 1.77. The molecule has 25 heavy (non-hydrogen) atoms. The molecule has 2 N–H and O–H groups in total. The minimum atomic E-state index is -0.295. The van der Waals surface area contributed by atoms with E-state index in [-0.39, 0.29) is 6.03 Å². The predicted octanol–water partition coefficient (Wildman–Crippen LogP) is 4.60. The number of amides is 2. The highest BCUT2D eigenvalue weighted by Gasteiger charge is 2.18. The molecule has 2 amide bonds. The number of ether oxygens (including phenoxy) is 1. The fraction of sp³-hybridized carbons (Fsp3) is 0.316. The number of nitrogens with one attached hydrogen (secondary N) is 2. The van der Waals surface area contributed by atoms with Crippen molar-refractivity contribution in [2.45, 2.75) is 18.9 Å². The zero-order chi connectivity index (χ0) is 17.6. The highest BCUT2D eigenvalue weighted by molar-refractivity contribution is 6.30. The van der Waals surface area contributed by atoms with Crippen LogP contribution in [0.2, 0.25) is 5.02 Å². The molecule has 2 aromatic carbocycles. The molecule has 3 rings (SSSR count). The number of urea groups is 1. The first-order valence-corrected chi connectivity index (χ1v) is 8.73. The molecule has 2 aromatic rings. The van der Waals surface area contributed by atoms with Crippen molar-refractivity contribution in [2.24, 2.45) is 0 Å². The van der Waals surface area contributed by atoms with Crippen molar-refractivity contribution < 1.29 is 9.53 Å². The molecule has 6 heteroatoms. The van der Waals surface area contributed by atoms with Crippen LogP contribution < -0.4 is 15.5 Å². The number of piperidine rings is 1. The second kappa shape index (κ2) is 8.23. The van der Waals surface area contributed by atoms with E-state index in [4.69, 9.17) is 16.3 Å². The van der Waals surface area contributed by atoms with E-state index in [0.717, 1.165) is 37.3 Å². The maximum absolute atomic E-state index is 12.1. The van der Waals surface area contributed by atoms with E-state index in [1.807, 2.05) is 24.3 Å². The summed E-state index contributed by atoms with van der Waals surface area (Å²) >= 11 is 5.91. The third-order valence-electron chi connectivity index (χ3n) is 4.35. The Bertz CT molecular complexity index is 713. The van der Waals surface area contributed by atoms with Crippen molar-refractivity contribution in [3.63, 3.8) is 0 Å². The Labute approximate surface area is 152 Å². The number of carbonyl (C=O) groups excluding carboxylic acids is 1. The van der Waals surface area contributed by atoms with E-state index in [9.17, 15) is 4.79 Å². The largest absolute Gasteiger partial charge is 0.381 e. The lowest BCUT2D eigenvalue weighted by atomic mass is 10.1. The molecule has 0 aliphatic carbocycles. The molecule has 0 bridgehead atoms. The summed E-state index contributed by atoms with van der Waals surface area (Å²) in [4.78, 5) is 14.4. The molecular formula is C19H22ClN3O2. The highest BCUT2D eigenvalue weighted by atomic mass is 35.5. The summed E-state index contributed by atoms with van der Waals surface area (Å²) in [6, 6.07) is 14.6. The second-order valence-electron chi connectivity index (χ2n) is 6.06. The summed E-state index contributed by atoms with van der Waals surface area (Å²) in [5.74, 6) is 0. The van der Waals surface area contributed by atoms with Gasteiger partial charge in [-0.25, -0.2) is 4.79 Å². The smallest absolute Gasteiger partial charge is 0.323 e. The Morgan fingerprint density at radius 2 is 1.76 bits per heavy atom. The van der Waals surface area contributed by atoms with E-state index < -0.39 is 0 Å². The Kier molecular flexibility index (Phi) is 5.79. The van der Waals surface area contributed by atoms with Gasteiger partial charge in [-0.3, -0.25) is 0 Å². The maximum Gasteiger partial charge on any atom is 0.323 e. The average Bonchev–Trinajstić information content (AvgIpc) is 2.62. The molecule has 0 atom stereocenters. The molecule has 1 aliphatic heterocycles. The first kappa shape index (κ1) is 17.6. The molecule has 1 fully saturated rings. The van der Waals surface area contributed by atoms with Crippen molar-refractivity contribution >= 4 is 34.7 Å². The van der Waals surface area contributed by atoms with Gasteiger partial charge in [0.2, 0.25) is 0 Å². The lowest BCUT2D eigenvalue weighted by molar-refractivity contribution is 0.0819. The number of methoxy groups -OCH3 is 1. The van der Waals surface area contributed by atoms with E-state index in [0.29, 0.717) is 16.8 Å². The van der Waals surface area contributed by atoms with Gasteiger partial charge in [-0.2, -0.15) is 0 Å². The van der Waals surface area contributed by atoms with Gasteiger partial charge in [0.15, 0.2) is 0 Å². The number of nitrogens with zero attached hydrogens (tertiary/aromatic N) is 1. The van der Waals surface area contributed by atoms with E-state index in [1.54, 1.807) is 31.4 Å². The monoisotopic (exact) mass is 359 g/mol. The Balaban J connectivity index is 1.54. The summed E-state index contributed by atoms with van der Waals surface area (Å²) in [5, 5.41) is 6.17. The normalized spacial score (nSPS) is 15.0. The highest BCUT2D eigenvalue weighted by Crippen LogP contribution is 2.23. The first-order valence-electron chi connectivity index (χ1n) is 8.35. The van der Waals surface area contributed by atoms with Crippen LogP contribution in [0.3, 0.4) is 0 Å². The van der Waals surface area contributed by atoms with E-state index in [1.165, 1.54) is 0 Å². The second-order valence-corrected chi connectivity index (χ2v) is 6.49. The van der Waals surface area contributed by atoms with Gasteiger partial charge in [-0.1, -0.05) is 17.7 Å². The molecule has 1 saturated heterocycles. The average molecular weight is 360 g/mol. The molecule has 0 radical (unpaired) electrons. The molecule has 0 saturated carbocycles. The van der Waals surface area contributed by atoms with Gasteiger partial charge < -0.3 is 20.3 Å². The summed E-state index contributed by atoms with van der Waals surface area (Å²) in [5.41, 5.74) is 2.56. The zero-order valence-electron chi connectivity index (χ0n) is 14.2. The van der Waals surface area contributed by atoms with Crippen LogP contribution in [-0.2, 0) is 4.74 Å². The van der Waals surface area contributed by atoms with Gasteiger partial charge in [0, 0.05) is 42.3 Å². The summed E-state index contributed by atoms with van der Waals surface area (Å²) < 4.78 is 5.41. The SMILES string of the molecule is COC1CCN(c2ccc(NC(=O)Nc3cccc(Cl)c3)cc2)CC1.